The Kier molecular flexibility index (Phi) is 9.99. The van der Waals surface area contributed by atoms with E-state index in [1.807, 2.05) is 37.3 Å². The standard InChI is InChI=1S/C26H34O4/c1-5-9-24-21(18-23(29-16-6-2)19-26(24)30-17-7-3)12-15-25(27)20-10-13-22(14-11-20)28-8-4/h10-15,18-19H,5-9,16-17H2,1-4H3/b15-12+. The van der Waals surface area contributed by atoms with Crippen molar-refractivity contribution in [2.75, 3.05) is 19.8 Å². The van der Waals surface area contributed by atoms with Crippen molar-refractivity contribution in [3.8, 4) is 17.2 Å². The Balaban J connectivity index is 2.32. The second-order valence-corrected chi connectivity index (χ2v) is 7.09. The third-order valence-electron chi connectivity index (χ3n) is 4.52. The van der Waals surface area contributed by atoms with Gasteiger partial charge in [-0.25, -0.2) is 0 Å². The highest BCUT2D eigenvalue weighted by molar-refractivity contribution is 6.07. The van der Waals surface area contributed by atoms with E-state index in [9.17, 15) is 4.79 Å². The Morgan fingerprint density at radius 3 is 2.17 bits per heavy atom. The van der Waals surface area contributed by atoms with E-state index in [-0.39, 0.29) is 5.78 Å². The Hall–Kier alpha value is -2.75. The zero-order valence-electron chi connectivity index (χ0n) is 18.7. The van der Waals surface area contributed by atoms with Gasteiger partial charge in [-0.2, -0.15) is 0 Å². The molecule has 2 aromatic rings. The molecule has 4 heteroatoms. The minimum Gasteiger partial charge on any atom is -0.494 e. The molecular formula is C26H34O4. The van der Waals surface area contributed by atoms with Crippen molar-refractivity contribution in [2.24, 2.45) is 0 Å². The van der Waals surface area contributed by atoms with Gasteiger partial charge < -0.3 is 14.2 Å². The molecule has 162 valence electrons. The molecule has 0 aliphatic heterocycles. The number of allylic oxidation sites excluding steroid dienone is 1. The Morgan fingerprint density at radius 2 is 1.53 bits per heavy atom. The average Bonchev–Trinajstić information content (AvgIpc) is 2.76. The first-order valence-electron chi connectivity index (χ1n) is 11.0. The van der Waals surface area contributed by atoms with Crippen LogP contribution < -0.4 is 14.2 Å². The summed E-state index contributed by atoms with van der Waals surface area (Å²) in [7, 11) is 0. The van der Waals surface area contributed by atoms with E-state index in [1.165, 1.54) is 0 Å². The Labute approximate surface area is 180 Å². The fourth-order valence-corrected chi connectivity index (χ4v) is 3.09. The van der Waals surface area contributed by atoms with Gasteiger partial charge in [-0.05, 0) is 68.2 Å². The number of benzene rings is 2. The van der Waals surface area contributed by atoms with Gasteiger partial charge in [-0.15, -0.1) is 0 Å². The zero-order valence-corrected chi connectivity index (χ0v) is 18.7. The maximum absolute atomic E-state index is 12.7. The van der Waals surface area contributed by atoms with Gasteiger partial charge in [-0.3, -0.25) is 4.79 Å². The van der Waals surface area contributed by atoms with Crippen molar-refractivity contribution in [3.05, 3.63) is 59.2 Å². The second kappa shape index (κ2) is 12.7. The molecule has 0 fully saturated rings. The quantitative estimate of drug-likeness (QED) is 0.279. The highest BCUT2D eigenvalue weighted by Crippen LogP contribution is 2.31. The molecule has 0 heterocycles. The van der Waals surface area contributed by atoms with E-state index in [0.717, 1.165) is 54.1 Å². The summed E-state index contributed by atoms with van der Waals surface area (Å²) in [5.41, 5.74) is 2.72. The summed E-state index contributed by atoms with van der Waals surface area (Å²) in [5, 5.41) is 0. The molecule has 0 spiro atoms. The van der Waals surface area contributed by atoms with E-state index in [1.54, 1.807) is 18.2 Å². The van der Waals surface area contributed by atoms with Gasteiger partial charge in [0.2, 0.25) is 0 Å². The van der Waals surface area contributed by atoms with Crippen LogP contribution in [0.1, 0.15) is 68.4 Å². The fourth-order valence-electron chi connectivity index (χ4n) is 3.09. The van der Waals surface area contributed by atoms with Gasteiger partial charge in [0, 0.05) is 17.2 Å². The number of ketones is 1. The summed E-state index contributed by atoms with van der Waals surface area (Å²) < 4.78 is 17.3. The molecule has 2 rings (SSSR count). The molecule has 0 aromatic heterocycles. The highest BCUT2D eigenvalue weighted by atomic mass is 16.5. The van der Waals surface area contributed by atoms with Crippen LogP contribution in [0.3, 0.4) is 0 Å². The normalized spacial score (nSPS) is 10.9. The first kappa shape index (κ1) is 23.5. The summed E-state index contributed by atoms with van der Waals surface area (Å²) in [5.74, 6) is 2.34. The summed E-state index contributed by atoms with van der Waals surface area (Å²) >= 11 is 0. The third-order valence-corrected chi connectivity index (χ3v) is 4.52. The predicted molar refractivity (Wildman–Crippen MR) is 123 cm³/mol. The molecule has 0 saturated heterocycles. The first-order valence-corrected chi connectivity index (χ1v) is 11.0. The van der Waals surface area contributed by atoms with E-state index in [4.69, 9.17) is 14.2 Å². The fraction of sp³-hybridized carbons (Fsp3) is 0.423. The topological polar surface area (TPSA) is 44.8 Å². The smallest absolute Gasteiger partial charge is 0.185 e. The minimum atomic E-state index is -0.0450. The Bertz CT molecular complexity index is 822. The molecule has 0 amide bonds. The molecule has 0 aliphatic rings. The van der Waals surface area contributed by atoms with Crippen LogP contribution in [0.4, 0.5) is 0 Å². The molecule has 0 radical (unpaired) electrons. The molecule has 4 nitrogen and oxygen atoms in total. The summed E-state index contributed by atoms with van der Waals surface area (Å²) in [6.07, 6.45) is 7.24. The van der Waals surface area contributed by atoms with Gasteiger partial charge >= 0.3 is 0 Å². The van der Waals surface area contributed by atoms with E-state index < -0.39 is 0 Å². The van der Waals surface area contributed by atoms with Crippen LogP contribution in [0.15, 0.2) is 42.5 Å². The Morgan fingerprint density at radius 1 is 0.833 bits per heavy atom. The lowest BCUT2D eigenvalue weighted by molar-refractivity contribution is 0.104. The summed E-state index contributed by atoms with van der Waals surface area (Å²) in [6, 6.07) is 11.2. The van der Waals surface area contributed by atoms with Crippen LogP contribution >= 0.6 is 0 Å². The molecule has 0 unspecified atom stereocenters. The summed E-state index contributed by atoms with van der Waals surface area (Å²) in [6.45, 7) is 10.2. The molecule has 0 aliphatic carbocycles. The molecule has 0 saturated carbocycles. The van der Waals surface area contributed by atoms with Crippen molar-refractivity contribution in [1.82, 2.24) is 0 Å². The van der Waals surface area contributed by atoms with Gasteiger partial charge in [0.1, 0.15) is 17.2 Å². The lowest BCUT2D eigenvalue weighted by atomic mass is 10.00. The van der Waals surface area contributed by atoms with Gasteiger partial charge in [0.05, 0.1) is 19.8 Å². The summed E-state index contributed by atoms with van der Waals surface area (Å²) in [4.78, 5) is 12.7. The number of rotatable bonds is 13. The van der Waals surface area contributed by atoms with Gasteiger partial charge in [-0.1, -0.05) is 33.3 Å². The van der Waals surface area contributed by atoms with Gasteiger partial charge in [0.15, 0.2) is 5.78 Å². The number of ether oxygens (including phenoxy) is 3. The van der Waals surface area contributed by atoms with Crippen molar-refractivity contribution in [2.45, 2.75) is 53.4 Å². The molecule has 0 atom stereocenters. The lowest BCUT2D eigenvalue weighted by Gasteiger charge is -2.16. The van der Waals surface area contributed by atoms with Crippen molar-refractivity contribution < 1.29 is 19.0 Å². The SMILES string of the molecule is CCCOc1cc(/C=C/C(=O)c2ccc(OCC)cc2)c(CCC)c(OCCC)c1. The van der Waals surface area contributed by atoms with Crippen molar-refractivity contribution >= 4 is 11.9 Å². The van der Waals surface area contributed by atoms with Gasteiger partial charge in [0.25, 0.3) is 0 Å². The van der Waals surface area contributed by atoms with Crippen LogP contribution in [0.2, 0.25) is 0 Å². The molecule has 2 aromatic carbocycles. The number of carbonyl (C=O) groups is 1. The number of hydrogen-bond acceptors (Lipinski definition) is 4. The minimum absolute atomic E-state index is 0.0450. The number of hydrogen-bond donors (Lipinski definition) is 0. The van der Waals surface area contributed by atoms with Crippen LogP contribution in [0, 0.1) is 0 Å². The van der Waals surface area contributed by atoms with Crippen LogP contribution in [0.5, 0.6) is 17.2 Å². The number of carbonyl (C=O) groups excluding carboxylic acids is 1. The van der Waals surface area contributed by atoms with Crippen LogP contribution in [0.25, 0.3) is 6.08 Å². The average molecular weight is 411 g/mol. The maximum atomic E-state index is 12.7. The lowest BCUT2D eigenvalue weighted by Crippen LogP contribution is -2.03. The molecule has 0 bridgehead atoms. The van der Waals surface area contributed by atoms with Crippen molar-refractivity contribution in [3.63, 3.8) is 0 Å². The molecule has 0 N–H and O–H groups in total. The predicted octanol–water partition coefficient (Wildman–Crippen LogP) is 6.51. The largest absolute Gasteiger partial charge is 0.494 e. The molecule has 30 heavy (non-hydrogen) atoms. The van der Waals surface area contributed by atoms with Crippen LogP contribution in [-0.4, -0.2) is 25.6 Å². The third kappa shape index (κ3) is 6.94. The van der Waals surface area contributed by atoms with E-state index >= 15 is 0 Å². The van der Waals surface area contributed by atoms with Crippen LogP contribution in [-0.2, 0) is 6.42 Å². The van der Waals surface area contributed by atoms with Crippen molar-refractivity contribution in [1.29, 1.82) is 0 Å². The highest BCUT2D eigenvalue weighted by Gasteiger charge is 2.12. The van der Waals surface area contributed by atoms with E-state index in [2.05, 4.69) is 20.8 Å². The molecular weight excluding hydrogens is 376 g/mol. The first-order chi connectivity index (χ1) is 14.6. The second-order valence-electron chi connectivity index (χ2n) is 7.09. The maximum Gasteiger partial charge on any atom is 0.185 e. The monoisotopic (exact) mass is 410 g/mol. The van der Waals surface area contributed by atoms with E-state index in [0.29, 0.717) is 25.4 Å². The zero-order chi connectivity index (χ0) is 21.8.